The molecule has 0 aliphatic carbocycles. The third kappa shape index (κ3) is 0.732. The lowest BCUT2D eigenvalue weighted by molar-refractivity contribution is 0.443. The molecule has 0 spiro atoms. The Hall–Kier alpha value is -0.310. The van der Waals surface area contributed by atoms with E-state index in [2.05, 4.69) is 24.1 Å². The molecule has 2 heterocycles. The Kier molecular flexibility index (Phi) is 1.18. The van der Waals surface area contributed by atoms with E-state index in [1.54, 1.807) is 0 Å². The second kappa shape index (κ2) is 1.84. The van der Waals surface area contributed by atoms with Crippen LogP contribution in [0.2, 0.25) is 0 Å². The van der Waals surface area contributed by atoms with E-state index in [1.807, 2.05) is 11.8 Å². The normalized spacial score (nSPS) is 44.5. The molecule has 3 heteroatoms. The molecule has 0 bridgehead atoms. The summed E-state index contributed by atoms with van der Waals surface area (Å²) in [4.78, 5) is 0. The summed E-state index contributed by atoms with van der Waals surface area (Å²) in [6, 6.07) is 0.602. The van der Waals surface area contributed by atoms with Gasteiger partial charge in [-0.2, -0.15) is 11.8 Å². The Morgan fingerprint density at radius 1 is 1.80 bits per heavy atom. The van der Waals surface area contributed by atoms with Gasteiger partial charge in [0.1, 0.15) is 0 Å². The number of hydrogen-bond acceptors (Lipinski definition) is 3. The Bertz CT molecular complexity index is 180. The van der Waals surface area contributed by atoms with E-state index < -0.39 is 0 Å². The second-order valence-electron chi connectivity index (χ2n) is 3.23. The smallest absolute Gasteiger partial charge is 0.0920 e. The fourth-order valence-corrected chi connectivity index (χ4v) is 3.09. The highest BCUT2D eigenvalue weighted by molar-refractivity contribution is 7.99. The van der Waals surface area contributed by atoms with E-state index >= 15 is 0 Å². The van der Waals surface area contributed by atoms with Crippen LogP contribution >= 0.6 is 11.8 Å². The first-order valence-electron chi connectivity index (χ1n) is 3.52. The van der Waals surface area contributed by atoms with Gasteiger partial charge in [0.15, 0.2) is 0 Å². The SMILES string of the molecule is C=C1NC2CSCC2(C)N1. The number of nitrogens with one attached hydrogen (secondary N) is 2. The van der Waals surface area contributed by atoms with Gasteiger partial charge in [-0.15, -0.1) is 0 Å². The topological polar surface area (TPSA) is 24.1 Å². The van der Waals surface area contributed by atoms with E-state index in [0.717, 1.165) is 5.82 Å². The van der Waals surface area contributed by atoms with Crippen LogP contribution in [-0.4, -0.2) is 23.1 Å². The molecule has 2 saturated heterocycles. The fourth-order valence-electron chi connectivity index (χ4n) is 1.59. The number of rotatable bonds is 0. The van der Waals surface area contributed by atoms with Gasteiger partial charge in [0, 0.05) is 11.5 Å². The van der Waals surface area contributed by atoms with Gasteiger partial charge < -0.3 is 10.6 Å². The van der Waals surface area contributed by atoms with Crippen molar-refractivity contribution in [3.63, 3.8) is 0 Å². The van der Waals surface area contributed by atoms with Gasteiger partial charge >= 0.3 is 0 Å². The third-order valence-corrected chi connectivity index (χ3v) is 3.61. The van der Waals surface area contributed by atoms with Crippen molar-refractivity contribution in [2.75, 3.05) is 11.5 Å². The van der Waals surface area contributed by atoms with E-state index in [9.17, 15) is 0 Å². The summed E-state index contributed by atoms with van der Waals surface area (Å²) in [6.45, 7) is 6.10. The van der Waals surface area contributed by atoms with Crippen molar-refractivity contribution < 1.29 is 0 Å². The summed E-state index contributed by atoms with van der Waals surface area (Å²) >= 11 is 2.00. The van der Waals surface area contributed by atoms with Crippen LogP contribution in [-0.2, 0) is 0 Å². The predicted molar refractivity (Wildman–Crippen MR) is 44.9 cm³/mol. The maximum atomic E-state index is 3.85. The molecule has 2 unspecified atom stereocenters. The lowest BCUT2D eigenvalue weighted by Gasteiger charge is -2.21. The monoisotopic (exact) mass is 156 g/mol. The van der Waals surface area contributed by atoms with Crippen molar-refractivity contribution in [2.24, 2.45) is 0 Å². The van der Waals surface area contributed by atoms with Crippen molar-refractivity contribution in [2.45, 2.75) is 18.5 Å². The van der Waals surface area contributed by atoms with Crippen molar-refractivity contribution >= 4 is 11.8 Å². The molecule has 2 nitrogen and oxygen atoms in total. The minimum absolute atomic E-state index is 0.280. The molecule has 0 saturated carbocycles. The van der Waals surface area contributed by atoms with Crippen molar-refractivity contribution in [3.8, 4) is 0 Å². The third-order valence-electron chi connectivity index (χ3n) is 2.24. The Balaban J connectivity index is 2.22. The van der Waals surface area contributed by atoms with Crippen LogP contribution in [0, 0.1) is 0 Å². The Labute approximate surface area is 65.5 Å². The minimum Gasteiger partial charge on any atom is -0.366 e. The quantitative estimate of drug-likeness (QED) is 0.535. The highest BCUT2D eigenvalue weighted by atomic mass is 32.2. The molecule has 56 valence electrons. The molecule has 2 aliphatic rings. The zero-order chi connectivity index (χ0) is 7.19. The Morgan fingerprint density at radius 2 is 2.60 bits per heavy atom. The molecule has 0 amide bonds. The lowest BCUT2D eigenvalue weighted by atomic mass is 9.99. The number of thioether (sulfide) groups is 1. The molecule has 2 N–H and O–H groups in total. The van der Waals surface area contributed by atoms with Gasteiger partial charge in [0.25, 0.3) is 0 Å². The first-order valence-corrected chi connectivity index (χ1v) is 4.67. The maximum absolute atomic E-state index is 3.85. The van der Waals surface area contributed by atoms with Crippen molar-refractivity contribution in [1.29, 1.82) is 0 Å². The Morgan fingerprint density at radius 3 is 3.30 bits per heavy atom. The first-order chi connectivity index (χ1) is 4.71. The van der Waals surface area contributed by atoms with E-state index in [4.69, 9.17) is 0 Å². The van der Waals surface area contributed by atoms with Crippen LogP contribution in [0.5, 0.6) is 0 Å². The van der Waals surface area contributed by atoms with Crippen LogP contribution in [0.25, 0.3) is 0 Å². The van der Waals surface area contributed by atoms with Gasteiger partial charge in [-0.1, -0.05) is 6.58 Å². The van der Waals surface area contributed by atoms with Crippen molar-refractivity contribution in [1.82, 2.24) is 10.6 Å². The summed E-state index contributed by atoms with van der Waals surface area (Å²) < 4.78 is 0. The summed E-state index contributed by atoms with van der Waals surface area (Å²) in [6.07, 6.45) is 0. The second-order valence-corrected chi connectivity index (χ2v) is 4.26. The molecule has 10 heavy (non-hydrogen) atoms. The number of hydrogen-bond donors (Lipinski definition) is 2. The molecule has 2 fully saturated rings. The highest BCUT2D eigenvalue weighted by Crippen LogP contribution is 2.32. The zero-order valence-electron chi connectivity index (χ0n) is 6.11. The van der Waals surface area contributed by atoms with Gasteiger partial charge in [-0.05, 0) is 6.92 Å². The van der Waals surface area contributed by atoms with E-state index in [0.29, 0.717) is 6.04 Å². The summed E-state index contributed by atoms with van der Waals surface area (Å²) in [5, 5.41) is 6.70. The molecule has 0 aromatic rings. The molecule has 0 aromatic heterocycles. The zero-order valence-corrected chi connectivity index (χ0v) is 6.92. The maximum Gasteiger partial charge on any atom is 0.0920 e. The first kappa shape index (κ1) is 6.40. The molecule has 0 aromatic carbocycles. The number of fused-ring (bicyclic) bond motifs is 1. The molecule has 2 rings (SSSR count). The van der Waals surface area contributed by atoms with Crippen LogP contribution in [0.15, 0.2) is 12.4 Å². The molecule has 2 aliphatic heterocycles. The lowest BCUT2D eigenvalue weighted by Crippen LogP contribution is -2.45. The highest BCUT2D eigenvalue weighted by Gasteiger charge is 2.44. The minimum atomic E-state index is 0.280. The average Bonchev–Trinajstić information content (AvgIpc) is 2.20. The average molecular weight is 156 g/mol. The van der Waals surface area contributed by atoms with Crippen LogP contribution in [0.3, 0.4) is 0 Å². The van der Waals surface area contributed by atoms with Gasteiger partial charge in [0.2, 0.25) is 0 Å². The van der Waals surface area contributed by atoms with Gasteiger partial charge in [0.05, 0.1) is 17.4 Å². The molecular weight excluding hydrogens is 144 g/mol. The summed E-state index contributed by atoms with van der Waals surface area (Å²) in [7, 11) is 0. The summed E-state index contributed by atoms with van der Waals surface area (Å²) in [5.74, 6) is 3.40. The fraction of sp³-hybridized carbons (Fsp3) is 0.714. The van der Waals surface area contributed by atoms with E-state index in [1.165, 1.54) is 11.5 Å². The predicted octanol–water partition coefficient (Wildman–Crippen LogP) is 0.524. The largest absolute Gasteiger partial charge is 0.366 e. The molecule has 2 atom stereocenters. The summed E-state index contributed by atoms with van der Waals surface area (Å²) in [5.41, 5.74) is 0.280. The van der Waals surface area contributed by atoms with Crippen LogP contribution in [0.1, 0.15) is 6.92 Å². The molecular formula is C7H12N2S. The molecule has 0 radical (unpaired) electrons. The van der Waals surface area contributed by atoms with Crippen molar-refractivity contribution in [3.05, 3.63) is 12.4 Å². The van der Waals surface area contributed by atoms with Gasteiger partial charge in [-0.3, -0.25) is 0 Å². The van der Waals surface area contributed by atoms with E-state index in [-0.39, 0.29) is 5.54 Å². The standard InChI is InChI=1S/C7H12N2S/c1-5-8-6-3-10-4-7(6,2)9-5/h6,8-9H,1,3-4H2,2H3. The van der Waals surface area contributed by atoms with Gasteiger partial charge in [-0.25, -0.2) is 0 Å². The van der Waals surface area contributed by atoms with Crippen LogP contribution in [0.4, 0.5) is 0 Å². The van der Waals surface area contributed by atoms with Crippen LogP contribution < -0.4 is 10.6 Å².